The number of carbonyl (C=O) groups is 1. The average Bonchev–Trinajstić information content (AvgIpc) is 2.96. The molecule has 2 bridgehead atoms. The molecule has 0 saturated heterocycles. The molecule has 2 saturated carbocycles. The first-order valence-electron chi connectivity index (χ1n) is 6.60. The molecule has 3 rings (SSSR count). The van der Waals surface area contributed by atoms with Gasteiger partial charge in [-0.05, 0) is 64.7 Å². The van der Waals surface area contributed by atoms with Gasteiger partial charge in [0.15, 0.2) is 0 Å². The predicted octanol–water partition coefficient (Wildman–Crippen LogP) is 4.14. The summed E-state index contributed by atoms with van der Waals surface area (Å²) >= 11 is 3.17. The zero-order chi connectivity index (χ0) is 12.7. The number of fused-ring (bicyclic) bond motifs is 2. The first kappa shape index (κ1) is 12.3. The Hall–Kier alpha value is -0.700. The highest BCUT2D eigenvalue weighted by molar-refractivity contribution is 9.10. The Morgan fingerprint density at radius 1 is 1.33 bits per heavy atom. The van der Waals surface area contributed by atoms with Gasteiger partial charge in [0.2, 0.25) is 0 Å². The summed E-state index contributed by atoms with van der Waals surface area (Å²) in [5.41, 5.74) is 0.913. The van der Waals surface area contributed by atoms with Crippen molar-refractivity contribution in [2.24, 2.45) is 17.8 Å². The van der Waals surface area contributed by atoms with Crippen LogP contribution in [0.15, 0.2) is 22.7 Å². The Balaban J connectivity index is 1.69. The van der Waals surface area contributed by atoms with Crippen LogP contribution >= 0.6 is 15.9 Å². The number of benzene rings is 1. The minimum Gasteiger partial charge on any atom is -0.299 e. The van der Waals surface area contributed by atoms with Gasteiger partial charge in [-0.1, -0.05) is 12.5 Å². The molecule has 18 heavy (non-hydrogen) atoms. The molecule has 0 amide bonds. The maximum absolute atomic E-state index is 13.1. The molecule has 96 valence electrons. The molecule has 0 radical (unpaired) electrons. The van der Waals surface area contributed by atoms with Gasteiger partial charge in [0, 0.05) is 12.3 Å². The number of ketones is 1. The van der Waals surface area contributed by atoms with Gasteiger partial charge in [0.1, 0.15) is 11.6 Å². The summed E-state index contributed by atoms with van der Waals surface area (Å²) < 4.78 is 13.6. The predicted molar refractivity (Wildman–Crippen MR) is 71.7 cm³/mol. The van der Waals surface area contributed by atoms with E-state index >= 15 is 0 Å². The van der Waals surface area contributed by atoms with Crippen molar-refractivity contribution in [3.8, 4) is 0 Å². The molecule has 0 spiro atoms. The minimum absolute atomic E-state index is 0.271. The van der Waals surface area contributed by atoms with Crippen molar-refractivity contribution in [3.05, 3.63) is 34.1 Å². The summed E-state index contributed by atoms with van der Waals surface area (Å²) in [6.07, 6.45) is 5.34. The van der Waals surface area contributed by atoms with Gasteiger partial charge in [0.05, 0.1) is 4.47 Å². The van der Waals surface area contributed by atoms with E-state index in [0.29, 0.717) is 22.6 Å². The van der Waals surface area contributed by atoms with Crippen LogP contribution in [-0.4, -0.2) is 5.78 Å². The molecule has 1 nitrogen and oxygen atoms in total. The van der Waals surface area contributed by atoms with Gasteiger partial charge in [-0.3, -0.25) is 4.79 Å². The lowest BCUT2D eigenvalue weighted by atomic mass is 9.83. The number of rotatable bonds is 3. The van der Waals surface area contributed by atoms with E-state index in [1.54, 1.807) is 12.1 Å². The largest absolute Gasteiger partial charge is 0.299 e. The summed E-state index contributed by atoms with van der Waals surface area (Å²) in [7, 11) is 0. The highest BCUT2D eigenvalue weighted by atomic mass is 79.9. The summed E-state index contributed by atoms with van der Waals surface area (Å²) in [6, 6.07) is 4.86. The molecule has 3 heteroatoms. The molecule has 0 heterocycles. The van der Waals surface area contributed by atoms with E-state index in [1.807, 2.05) is 0 Å². The van der Waals surface area contributed by atoms with Crippen molar-refractivity contribution in [2.45, 2.75) is 32.1 Å². The monoisotopic (exact) mass is 310 g/mol. The second-order valence-corrected chi connectivity index (χ2v) is 6.53. The first-order chi connectivity index (χ1) is 8.63. The van der Waals surface area contributed by atoms with Crippen molar-refractivity contribution in [3.63, 3.8) is 0 Å². The van der Waals surface area contributed by atoms with E-state index in [9.17, 15) is 9.18 Å². The molecule has 2 aliphatic carbocycles. The Morgan fingerprint density at radius 2 is 2.17 bits per heavy atom. The Labute approximate surface area is 115 Å². The molecule has 1 aromatic rings. The fourth-order valence-electron chi connectivity index (χ4n) is 3.62. The van der Waals surface area contributed by atoms with Crippen LogP contribution in [0.5, 0.6) is 0 Å². The van der Waals surface area contributed by atoms with Crippen LogP contribution in [0.2, 0.25) is 0 Å². The molecular weight excluding hydrogens is 295 g/mol. The molecule has 1 aromatic carbocycles. The second-order valence-electron chi connectivity index (χ2n) is 5.67. The number of Topliss-reactive ketones (excluding diaryl/α,β-unsaturated/α-hetero) is 1. The number of hydrogen-bond donors (Lipinski definition) is 0. The lowest BCUT2D eigenvalue weighted by Gasteiger charge is -2.20. The summed E-state index contributed by atoms with van der Waals surface area (Å²) in [4.78, 5) is 12.3. The molecule has 3 unspecified atom stereocenters. The van der Waals surface area contributed by atoms with Crippen LogP contribution in [0.3, 0.4) is 0 Å². The number of carbonyl (C=O) groups excluding carboxylic acids is 1. The van der Waals surface area contributed by atoms with Gasteiger partial charge in [-0.2, -0.15) is 0 Å². The average molecular weight is 311 g/mol. The third-order valence-corrected chi connectivity index (χ3v) is 5.12. The van der Waals surface area contributed by atoms with Crippen molar-refractivity contribution in [2.75, 3.05) is 0 Å². The fraction of sp³-hybridized carbons (Fsp3) is 0.533. The second kappa shape index (κ2) is 4.76. The maximum atomic E-state index is 13.1. The van der Waals surface area contributed by atoms with Gasteiger partial charge < -0.3 is 0 Å². The Kier molecular flexibility index (Phi) is 3.27. The van der Waals surface area contributed by atoms with Crippen molar-refractivity contribution in [1.29, 1.82) is 0 Å². The zero-order valence-electron chi connectivity index (χ0n) is 10.2. The first-order valence-corrected chi connectivity index (χ1v) is 7.39. The number of hydrogen-bond acceptors (Lipinski definition) is 1. The molecule has 2 fully saturated rings. The highest BCUT2D eigenvalue weighted by Crippen LogP contribution is 2.48. The van der Waals surface area contributed by atoms with Crippen LogP contribution in [0, 0.1) is 23.6 Å². The third kappa shape index (κ3) is 2.25. The standard InChI is InChI=1S/C15H16BrFO/c16-13-7-10(2-4-14(13)17)8-15(18)12-6-9-1-3-11(12)5-9/h2,4,7,9,11-12H,1,3,5-6,8H2. The fourth-order valence-corrected chi connectivity index (χ4v) is 4.05. The highest BCUT2D eigenvalue weighted by Gasteiger charge is 2.42. The van der Waals surface area contributed by atoms with Gasteiger partial charge in [-0.15, -0.1) is 0 Å². The molecular formula is C15H16BrFO. The van der Waals surface area contributed by atoms with E-state index < -0.39 is 0 Å². The summed E-state index contributed by atoms with van der Waals surface area (Å²) in [6.45, 7) is 0. The maximum Gasteiger partial charge on any atom is 0.140 e. The smallest absolute Gasteiger partial charge is 0.140 e. The lowest BCUT2D eigenvalue weighted by Crippen LogP contribution is -2.22. The van der Waals surface area contributed by atoms with E-state index in [1.165, 1.54) is 25.3 Å². The number of halogens is 2. The molecule has 0 aliphatic heterocycles. The van der Waals surface area contributed by atoms with Gasteiger partial charge in [0.25, 0.3) is 0 Å². The molecule has 0 aromatic heterocycles. The minimum atomic E-state index is -0.272. The van der Waals surface area contributed by atoms with Crippen LogP contribution in [0.1, 0.15) is 31.2 Å². The summed E-state index contributed by atoms with van der Waals surface area (Å²) in [5.74, 6) is 1.77. The van der Waals surface area contributed by atoms with Gasteiger partial charge >= 0.3 is 0 Å². The zero-order valence-corrected chi connectivity index (χ0v) is 11.7. The lowest BCUT2D eigenvalue weighted by molar-refractivity contribution is -0.123. The van der Waals surface area contributed by atoms with E-state index in [-0.39, 0.29) is 11.7 Å². The Bertz CT molecular complexity index is 485. The van der Waals surface area contributed by atoms with E-state index in [4.69, 9.17) is 0 Å². The quantitative estimate of drug-likeness (QED) is 0.820. The van der Waals surface area contributed by atoms with Gasteiger partial charge in [-0.25, -0.2) is 4.39 Å². The SMILES string of the molecule is O=C(Cc1ccc(F)c(Br)c1)C1CC2CCC1C2. The van der Waals surface area contributed by atoms with Crippen LogP contribution in [0.25, 0.3) is 0 Å². The molecule has 0 N–H and O–H groups in total. The van der Waals surface area contributed by atoms with E-state index in [2.05, 4.69) is 15.9 Å². The normalized spacial score (nSPS) is 29.8. The summed E-state index contributed by atoms with van der Waals surface area (Å²) in [5, 5.41) is 0. The van der Waals surface area contributed by atoms with Crippen molar-refractivity contribution >= 4 is 21.7 Å². The third-order valence-electron chi connectivity index (χ3n) is 4.51. The van der Waals surface area contributed by atoms with Crippen LogP contribution in [0.4, 0.5) is 4.39 Å². The van der Waals surface area contributed by atoms with Crippen LogP contribution in [-0.2, 0) is 11.2 Å². The van der Waals surface area contributed by atoms with E-state index in [0.717, 1.165) is 17.9 Å². The topological polar surface area (TPSA) is 17.1 Å². The molecule has 3 atom stereocenters. The van der Waals surface area contributed by atoms with Crippen molar-refractivity contribution < 1.29 is 9.18 Å². The van der Waals surface area contributed by atoms with Crippen LogP contribution < -0.4 is 0 Å². The molecule has 2 aliphatic rings. The Morgan fingerprint density at radius 3 is 2.78 bits per heavy atom. The van der Waals surface area contributed by atoms with Crippen molar-refractivity contribution in [1.82, 2.24) is 0 Å².